The van der Waals surface area contributed by atoms with Crippen LogP contribution in [0.5, 0.6) is 5.75 Å². The fourth-order valence-electron chi connectivity index (χ4n) is 2.99. The number of ether oxygens (including phenoxy) is 1. The van der Waals surface area contributed by atoms with Crippen LogP contribution in [0, 0.1) is 6.92 Å². The van der Waals surface area contributed by atoms with E-state index in [1.165, 1.54) is 0 Å². The normalized spacial score (nSPS) is 10.9. The van der Waals surface area contributed by atoms with Crippen LogP contribution in [0.3, 0.4) is 0 Å². The molecule has 1 N–H and O–H groups in total. The molecular weight excluding hydrogens is 290 g/mol. The molecule has 0 bridgehead atoms. The van der Waals surface area contributed by atoms with E-state index in [0.717, 1.165) is 22.3 Å². The van der Waals surface area contributed by atoms with Crippen LogP contribution in [0.4, 0.5) is 0 Å². The lowest BCUT2D eigenvalue weighted by Gasteiger charge is -2.06. The second-order valence-corrected chi connectivity index (χ2v) is 5.41. The van der Waals surface area contributed by atoms with Crippen LogP contribution >= 0.6 is 0 Å². The topological polar surface area (TPSA) is 51.5 Å². The number of carbonyl (C=O) groups is 1. The Hall–Kier alpha value is -2.59. The molecule has 118 valence electrons. The van der Waals surface area contributed by atoms with Gasteiger partial charge in [0.2, 0.25) is 0 Å². The van der Waals surface area contributed by atoms with Gasteiger partial charge in [0.25, 0.3) is 0 Å². The van der Waals surface area contributed by atoms with E-state index in [4.69, 9.17) is 4.74 Å². The smallest absolute Gasteiger partial charge is 0.195 e. The largest absolute Gasteiger partial charge is 0.497 e. The Labute approximate surface area is 134 Å². The van der Waals surface area contributed by atoms with E-state index >= 15 is 0 Å². The molecule has 4 nitrogen and oxygen atoms in total. The summed E-state index contributed by atoms with van der Waals surface area (Å²) < 4.78 is 7.13. The molecule has 0 fully saturated rings. The third kappa shape index (κ3) is 2.62. The first-order valence-electron chi connectivity index (χ1n) is 7.54. The van der Waals surface area contributed by atoms with Crippen LogP contribution in [-0.2, 0) is 6.54 Å². The minimum Gasteiger partial charge on any atom is -0.497 e. The Bertz CT molecular complexity index is 847. The summed E-state index contributed by atoms with van der Waals surface area (Å²) in [5.74, 6) is 0.707. The quantitative estimate of drug-likeness (QED) is 0.736. The average molecular weight is 309 g/mol. The first-order chi connectivity index (χ1) is 11.2. The van der Waals surface area contributed by atoms with Crippen molar-refractivity contribution in [2.75, 3.05) is 13.7 Å². The summed E-state index contributed by atoms with van der Waals surface area (Å²) in [4.78, 5) is 13.0. The zero-order chi connectivity index (χ0) is 16.4. The van der Waals surface area contributed by atoms with E-state index in [2.05, 4.69) is 0 Å². The van der Waals surface area contributed by atoms with Crippen LogP contribution in [0.2, 0.25) is 0 Å². The lowest BCUT2D eigenvalue weighted by Crippen LogP contribution is -2.07. The SMILES string of the molecule is COc1ccc(C(=O)c2c(C)n(CCO)c3ccccc23)cc1. The summed E-state index contributed by atoms with van der Waals surface area (Å²) in [6.45, 7) is 2.43. The lowest BCUT2D eigenvalue weighted by atomic mass is 10.0. The highest BCUT2D eigenvalue weighted by atomic mass is 16.5. The highest BCUT2D eigenvalue weighted by molar-refractivity contribution is 6.17. The molecule has 0 atom stereocenters. The maximum Gasteiger partial charge on any atom is 0.195 e. The summed E-state index contributed by atoms with van der Waals surface area (Å²) in [6.07, 6.45) is 0. The van der Waals surface area contributed by atoms with E-state index in [1.54, 1.807) is 31.4 Å². The summed E-state index contributed by atoms with van der Waals surface area (Å²) in [5.41, 5.74) is 3.16. The van der Waals surface area contributed by atoms with Crippen LogP contribution in [0.25, 0.3) is 10.9 Å². The summed E-state index contributed by atoms with van der Waals surface area (Å²) in [7, 11) is 1.60. The van der Waals surface area contributed by atoms with Gasteiger partial charge in [-0.2, -0.15) is 0 Å². The van der Waals surface area contributed by atoms with Crippen LogP contribution in [-0.4, -0.2) is 29.2 Å². The number of ketones is 1. The molecule has 0 aliphatic rings. The molecule has 3 rings (SSSR count). The summed E-state index contributed by atoms with van der Waals surface area (Å²) >= 11 is 0. The number of methoxy groups -OCH3 is 1. The van der Waals surface area contributed by atoms with Gasteiger partial charge in [0.15, 0.2) is 5.78 Å². The molecular formula is C19H19NO3. The standard InChI is InChI=1S/C19H19NO3/c1-13-18(19(22)14-7-9-15(23-2)10-8-14)16-5-3-4-6-17(16)20(13)11-12-21/h3-10,21H,11-12H2,1-2H3. The first-order valence-corrected chi connectivity index (χ1v) is 7.54. The predicted molar refractivity (Wildman–Crippen MR) is 90.2 cm³/mol. The number of carbonyl (C=O) groups excluding carboxylic acids is 1. The number of aromatic nitrogens is 1. The van der Waals surface area contributed by atoms with Gasteiger partial charge in [-0.15, -0.1) is 0 Å². The van der Waals surface area contributed by atoms with E-state index < -0.39 is 0 Å². The number of rotatable bonds is 5. The van der Waals surface area contributed by atoms with Crippen molar-refractivity contribution in [3.8, 4) is 5.75 Å². The third-order valence-corrected chi connectivity index (χ3v) is 4.13. The molecule has 1 aromatic heterocycles. The van der Waals surface area contributed by atoms with E-state index in [-0.39, 0.29) is 12.4 Å². The molecule has 0 radical (unpaired) electrons. The molecule has 0 spiro atoms. The van der Waals surface area contributed by atoms with Gasteiger partial charge in [-0.05, 0) is 37.3 Å². The van der Waals surface area contributed by atoms with Crippen LogP contribution < -0.4 is 4.74 Å². The minimum absolute atomic E-state index is 0.0157. The third-order valence-electron chi connectivity index (χ3n) is 4.13. The Morgan fingerprint density at radius 3 is 2.48 bits per heavy atom. The monoisotopic (exact) mass is 309 g/mol. The van der Waals surface area contributed by atoms with Crippen molar-refractivity contribution in [1.29, 1.82) is 0 Å². The fourth-order valence-corrected chi connectivity index (χ4v) is 2.99. The number of para-hydroxylation sites is 1. The van der Waals surface area contributed by atoms with Crippen molar-refractivity contribution >= 4 is 16.7 Å². The van der Waals surface area contributed by atoms with Crippen molar-refractivity contribution in [3.05, 3.63) is 65.4 Å². The predicted octanol–water partition coefficient (Wildman–Crippen LogP) is 3.18. The number of aliphatic hydroxyl groups is 1. The van der Waals surface area contributed by atoms with Crippen molar-refractivity contribution in [2.45, 2.75) is 13.5 Å². The average Bonchev–Trinajstić information content (AvgIpc) is 2.87. The zero-order valence-corrected chi connectivity index (χ0v) is 13.2. The molecule has 1 heterocycles. The summed E-state index contributed by atoms with van der Waals surface area (Å²) in [6, 6.07) is 14.9. The van der Waals surface area contributed by atoms with Crippen LogP contribution in [0.15, 0.2) is 48.5 Å². The highest BCUT2D eigenvalue weighted by Crippen LogP contribution is 2.28. The number of fused-ring (bicyclic) bond motifs is 1. The van der Waals surface area contributed by atoms with Gasteiger partial charge in [0.05, 0.1) is 19.3 Å². The molecule has 3 aromatic rings. The molecule has 0 saturated carbocycles. The van der Waals surface area contributed by atoms with Crippen molar-refractivity contribution in [1.82, 2.24) is 4.57 Å². The summed E-state index contributed by atoms with van der Waals surface area (Å²) in [5, 5.41) is 10.2. The molecule has 0 saturated heterocycles. The van der Waals surface area contributed by atoms with Crippen molar-refractivity contribution < 1.29 is 14.6 Å². The number of hydrogen-bond donors (Lipinski definition) is 1. The van der Waals surface area contributed by atoms with E-state index in [1.807, 2.05) is 35.8 Å². The first kappa shape index (κ1) is 15.3. The Morgan fingerprint density at radius 1 is 1.13 bits per heavy atom. The van der Waals surface area contributed by atoms with Gasteiger partial charge in [-0.3, -0.25) is 4.79 Å². The molecule has 23 heavy (non-hydrogen) atoms. The van der Waals surface area contributed by atoms with Crippen molar-refractivity contribution in [2.24, 2.45) is 0 Å². The molecule has 0 unspecified atom stereocenters. The Morgan fingerprint density at radius 2 is 1.83 bits per heavy atom. The van der Waals surface area contributed by atoms with Gasteiger partial charge in [-0.25, -0.2) is 0 Å². The fraction of sp³-hybridized carbons (Fsp3) is 0.211. The lowest BCUT2D eigenvalue weighted by molar-refractivity contribution is 0.103. The number of aliphatic hydroxyl groups excluding tert-OH is 1. The molecule has 2 aromatic carbocycles. The zero-order valence-electron chi connectivity index (χ0n) is 13.2. The maximum atomic E-state index is 13.0. The second-order valence-electron chi connectivity index (χ2n) is 5.41. The molecule has 0 aliphatic carbocycles. The number of hydrogen-bond acceptors (Lipinski definition) is 3. The van der Waals surface area contributed by atoms with Crippen LogP contribution in [0.1, 0.15) is 21.6 Å². The highest BCUT2D eigenvalue weighted by Gasteiger charge is 2.20. The molecule has 4 heteroatoms. The van der Waals surface area contributed by atoms with Gasteiger partial charge in [-0.1, -0.05) is 18.2 Å². The van der Waals surface area contributed by atoms with E-state index in [0.29, 0.717) is 17.7 Å². The minimum atomic E-state index is -0.0157. The molecule has 0 aliphatic heterocycles. The Kier molecular flexibility index (Phi) is 4.17. The number of nitrogens with zero attached hydrogens (tertiary/aromatic N) is 1. The molecule has 0 amide bonds. The van der Waals surface area contributed by atoms with Gasteiger partial charge < -0.3 is 14.4 Å². The van der Waals surface area contributed by atoms with Gasteiger partial charge in [0, 0.05) is 28.7 Å². The maximum absolute atomic E-state index is 13.0. The number of benzene rings is 2. The van der Waals surface area contributed by atoms with Gasteiger partial charge >= 0.3 is 0 Å². The Balaban J connectivity index is 2.14. The van der Waals surface area contributed by atoms with Gasteiger partial charge in [0.1, 0.15) is 5.75 Å². The van der Waals surface area contributed by atoms with E-state index in [9.17, 15) is 9.90 Å². The second kappa shape index (κ2) is 6.26. The van der Waals surface area contributed by atoms with Crippen molar-refractivity contribution in [3.63, 3.8) is 0 Å².